The fraction of sp³-hybridized carbons (Fsp3) is 0.122. The van der Waals surface area contributed by atoms with E-state index in [1.165, 1.54) is 27.8 Å². The fourth-order valence-electron chi connectivity index (χ4n) is 6.95. The number of benzene rings is 4. The summed E-state index contributed by atoms with van der Waals surface area (Å²) in [5.41, 5.74) is 15.2. The summed E-state index contributed by atoms with van der Waals surface area (Å²) in [7, 11) is 0. The average Bonchev–Trinajstić information content (AvgIpc) is 3.59. The van der Waals surface area contributed by atoms with Gasteiger partial charge in [-0.2, -0.15) is 0 Å². The number of allylic oxidation sites excluding steroid dienone is 4. The van der Waals surface area contributed by atoms with Crippen molar-refractivity contribution >= 4 is 46.4 Å². The van der Waals surface area contributed by atoms with E-state index in [0.717, 1.165) is 73.7 Å². The summed E-state index contributed by atoms with van der Waals surface area (Å²) in [4.78, 5) is 22.0. The zero-order chi connectivity index (χ0) is 38.1. The normalized spacial score (nSPS) is 12.5. The zero-order valence-electron chi connectivity index (χ0n) is 31.5. The predicted octanol–water partition coefficient (Wildman–Crippen LogP) is 12.3. The molecular formula is C49H43N5O. The van der Waals surface area contributed by atoms with E-state index in [-0.39, 0.29) is 0 Å². The first-order chi connectivity index (χ1) is 26.9. The minimum atomic E-state index is 0.472. The molecule has 4 aromatic carbocycles. The lowest BCUT2D eigenvalue weighted by Crippen LogP contribution is -1.98. The van der Waals surface area contributed by atoms with Crippen LogP contribution < -0.4 is 0 Å². The minimum Gasteiger partial charge on any atom is -0.454 e. The number of hydrogen-bond acceptors (Lipinski definition) is 4. The van der Waals surface area contributed by atoms with Gasteiger partial charge in [-0.05, 0) is 125 Å². The first-order valence-corrected chi connectivity index (χ1v) is 18.5. The molecule has 6 nitrogen and oxygen atoms in total. The van der Waals surface area contributed by atoms with Crippen LogP contribution in [0.4, 0.5) is 0 Å². The number of aliphatic imine (C=N–C) groups is 3. The molecule has 0 aliphatic carbocycles. The molecule has 0 atom stereocenters. The van der Waals surface area contributed by atoms with E-state index in [9.17, 15) is 0 Å². The van der Waals surface area contributed by atoms with Gasteiger partial charge in [-0.15, -0.1) is 0 Å². The van der Waals surface area contributed by atoms with Crippen LogP contribution in [0.1, 0.15) is 42.5 Å². The molecular weight excluding hydrogens is 675 g/mol. The Balaban J connectivity index is 1.09. The van der Waals surface area contributed by atoms with Gasteiger partial charge in [0.2, 0.25) is 0 Å². The van der Waals surface area contributed by atoms with Crippen LogP contribution in [0.5, 0.6) is 0 Å². The number of nitrogens with zero attached hydrogens (tertiary/aromatic N) is 5. The maximum Gasteiger partial charge on any atom is 0.160 e. The highest BCUT2D eigenvalue weighted by molar-refractivity contribution is 6.06. The minimum absolute atomic E-state index is 0.472. The molecule has 7 aromatic rings. The van der Waals surface area contributed by atoms with Gasteiger partial charge in [-0.25, -0.2) is 9.98 Å². The smallest absolute Gasteiger partial charge is 0.160 e. The summed E-state index contributed by atoms with van der Waals surface area (Å²) in [6, 6.07) is 34.0. The van der Waals surface area contributed by atoms with E-state index in [4.69, 9.17) is 4.42 Å². The first-order valence-electron chi connectivity index (χ1n) is 18.5. The second-order valence-corrected chi connectivity index (χ2v) is 13.6. The number of rotatable bonds is 12. The molecule has 0 saturated heterocycles. The number of aromatic nitrogens is 2. The molecule has 0 fully saturated rings. The molecule has 0 bridgehead atoms. The van der Waals surface area contributed by atoms with Gasteiger partial charge in [-0.3, -0.25) is 15.0 Å². The van der Waals surface area contributed by atoms with E-state index < -0.39 is 0 Å². The van der Waals surface area contributed by atoms with Gasteiger partial charge in [0.15, 0.2) is 11.4 Å². The van der Waals surface area contributed by atoms with Crippen molar-refractivity contribution in [2.24, 2.45) is 15.0 Å². The van der Waals surface area contributed by atoms with E-state index in [0.29, 0.717) is 12.4 Å². The second-order valence-electron chi connectivity index (χ2n) is 13.6. The van der Waals surface area contributed by atoms with Crippen molar-refractivity contribution in [1.29, 1.82) is 0 Å². The molecule has 0 aliphatic rings. The van der Waals surface area contributed by atoms with Crippen molar-refractivity contribution in [3.63, 3.8) is 0 Å². The van der Waals surface area contributed by atoms with Crippen molar-refractivity contribution in [2.75, 3.05) is 6.54 Å². The highest BCUT2D eigenvalue weighted by Gasteiger charge is 2.12. The largest absolute Gasteiger partial charge is 0.454 e. The standard InChI is InChI=1S/C49H43N5O/c1-6-10-35-16-17-40(27-45(35)43-20-22-51-30-34(43)4)38-13-8-12-37(25-38)39-14-9-15-42(26-39)49(50-5)54-32-53-29-33(3)24-36(11-7-2)41-18-19-47-46(28-41)44-21-23-52-31-48(44)55-47/h7-9,11-28,30-32H,2,5-6,10,29H2,1,3-4H3/b33-24+,36-11+,53-32?,54-49?. The summed E-state index contributed by atoms with van der Waals surface area (Å²) in [5, 5.41) is 2.09. The Morgan fingerprint density at radius 2 is 1.53 bits per heavy atom. The Kier molecular flexibility index (Phi) is 11.2. The summed E-state index contributed by atoms with van der Waals surface area (Å²) >= 11 is 0. The molecule has 0 spiro atoms. The summed E-state index contributed by atoms with van der Waals surface area (Å²) < 4.78 is 5.97. The third-order valence-electron chi connectivity index (χ3n) is 9.65. The van der Waals surface area contributed by atoms with E-state index in [2.05, 4.69) is 138 Å². The first kappa shape index (κ1) is 36.6. The average molecular weight is 718 g/mol. The SMILES string of the molecule is C=C/C=C(\C=C(/C)CN=CN=C(N=C)c1cccc(-c2cccc(-c3ccc(CCC)c(-c4ccncc4C)c3)c2)c1)c1ccc2oc3cnccc3c2c1. The van der Waals surface area contributed by atoms with Crippen molar-refractivity contribution < 1.29 is 4.42 Å². The Bertz CT molecular complexity index is 2660. The maximum atomic E-state index is 5.97. The summed E-state index contributed by atoms with van der Waals surface area (Å²) in [6.45, 7) is 14.6. The Morgan fingerprint density at radius 3 is 2.31 bits per heavy atom. The molecule has 0 radical (unpaired) electrons. The van der Waals surface area contributed by atoms with Crippen LogP contribution >= 0.6 is 0 Å². The molecule has 3 heterocycles. The van der Waals surface area contributed by atoms with Crippen LogP contribution in [0.2, 0.25) is 0 Å². The summed E-state index contributed by atoms with van der Waals surface area (Å²) in [5.74, 6) is 0.510. The molecule has 0 N–H and O–H groups in total. The maximum absolute atomic E-state index is 5.97. The van der Waals surface area contributed by atoms with E-state index in [1.54, 1.807) is 24.8 Å². The molecule has 55 heavy (non-hydrogen) atoms. The topological polar surface area (TPSA) is 76.0 Å². The summed E-state index contributed by atoms with van der Waals surface area (Å²) in [6.07, 6.45) is 17.0. The quantitative estimate of drug-likeness (QED) is 0.0717. The van der Waals surface area contributed by atoms with Crippen LogP contribution in [0.15, 0.2) is 172 Å². The molecule has 3 aromatic heterocycles. The van der Waals surface area contributed by atoms with Crippen LogP contribution in [0, 0.1) is 6.92 Å². The Hall–Kier alpha value is -6.79. The highest BCUT2D eigenvalue weighted by Crippen LogP contribution is 2.34. The Labute approximate surface area is 322 Å². The number of fused-ring (bicyclic) bond motifs is 3. The van der Waals surface area contributed by atoms with Crippen LogP contribution in [-0.2, 0) is 6.42 Å². The lowest BCUT2D eigenvalue weighted by Gasteiger charge is -2.14. The number of pyridine rings is 2. The van der Waals surface area contributed by atoms with E-state index in [1.807, 2.05) is 42.7 Å². The van der Waals surface area contributed by atoms with Gasteiger partial charge in [0, 0.05) is 34.9 Å². The lowest BCUT2D eigenvalue weighted by molar-refractivity contribution is 0.667. The van der Waals surface area contributed by atoms with Crippen molar-refractivity contribution in [2.45, 2.75) is 33.6 Å². The number of furan rings is 1. The molecule has 0 unspecified atom stereocenters. The molecule has 0 amide bonds. The number of hydrogen-bond donors (Lipinski definition) is 0. The molecule has 7 rings (SSSR count). The van der Waals surface area contributed by atoms with Gasteiger partial charge in [0.05, 0.1) is 12.7 Å². The second kappa shape index (κ2) is 16.9. The van der Waals surface area contributed by atoms with Gasteiger partial charge in [-0.1, -0.05) is 98.3 Å². The predicted molar refractivity (Wildman–Crippen MR) is 232 cm³/mol. The fourth-order valence-corrected chi connectivity index (χ4v) is 6.95. The van der Waals surface area contributed by atoms with Crippen LogP contribution in [0.25, 0.3) is 60.9 Å². The van der Waals surface area contributed by atoms with Crippen LogP contribution in [-0.4, -0.2) is 35.4 Å². The molecule has 0 saturated carbocycles. The Morgan fingerprint density at radius 1 is 0.764 bits per heavy atom. The molecule has 6 heteroatoms. The van der Waals surface area contributed by atoms with E-state index >= 15 is 0 Å². The zero-order valence-corrected chi connectivity index (χ0v) is 31.5. The van der Waals surface area contributed by atoms with Crippen molar-refractivity contribution in [3.05, 3.63) is 174 Å². The van der Waals surface area contributed by atoms with Crippen molar-refractivity contribution in [3.8, 4) is 33.4 Å². The van der Waals surface area contributed by atoms with Crippen molar-refractivity contribution in [1.82, 2.24) is 9.97 Å². The molecule has 270 valence electrons. The third kappa shape index (κ3) is 8.24. The van der Waals surface area contributed by atoms with Crippen LogP contribution in [0.3, 0.4) is 0 Å². The lowest BCUT2D eigenvalue weighted by atomic mass is 9.90. The number of aryl methyl sites for hydroxylation is 2. The van der Waals surface area contributed by atoms with Gasteiger partial charge in [0.1, 0.15) is 11.9 Å². The monoisotopic (exact) mass is 717 g/mol. The molecule has 0 aliphatic heterocycles. The third-order valence-corrected chi connectivity index (χ3v) is 9.65. The highest BCUT2D eigenvalue weighted by atomic mass is 16.3. The number of amidine groups is 1. The van der Waals surface area contributed by atoms with Gasteiger partial charge in [0.25, 0.3) is 0 Å². The van der Waals surface area contributed by atoms with Gasteiger partial charge < -0.3 is 4.42 Å². The van der Waals surface area contributed by atoms with Gasteiger partial charge >= 0.3 is 0 Å².